The number of hydrogen-bond acceptors (Lipinski definition) is 3. The number of aryl methyl sites for hydroxylation is 2. The van der Waals surface area contributed by atoms with Gasteiger partial charge in [-0.15, -0.1) is 0 Å². The molecule has 2 rings (SSSR count). The summed E-state index contributed by atoms with van der Waals surface area (Å²) in [5.74, 6) is 0. The molecular weight excluding hydrogens is 200 g/mol. The Bertz CT molecular complexity index is 488. The van der Waals surface area contributed by atoms with Crippen LogP contribution in [-0.2, 0) is 19.9 Å². The number of anilines is 1. The molecule has 0 spiro atoms. The van der Waals surface area contributed by atoms with Gasteiger partial charge in [0, 0.05) is 37.2 Å². The van der Waals surface area contributed by atoms with Gasteiger partial charge in [0.25, 0.3) is 0 Å². The van der Waals surface area contributed by atoms with E-state index in [0.717, 1.165) is 35.5 Å². The first-order valence-electron chi connectivity index (χ1n) is 5.41. The van der Waals surface area contributed by atoms with E-state index < -0.39 is 0 Å². The highest BCUT2D eigenvalue weighted by Crippen LogP contribution is 2.15. The molecule has 4 nitrogen and oxygen atoms in total. The summed E-state index contributed by atoms with van der Waals surface area (Å²) in [7, 11) is 1.96. The standard InChI is InChI=1S/C12H16N4/c1-3-10-7-11(16(2)15-10)6-9-8-14-5-4-12(9)13/h4-5,7-8H,3,6H2,1-2H3,(H2,13,14). The van der Waals surface area contributed by atoms with Crippen LogP contribution in [0.2, 0.25) is 0 Å². The number of hydrogen-bond donors (Lipinski definition) is 1. The lowest BCUT2D eigenvalue weighted by Crippen LogP contribution is -2.02. The van der Waals surface area contributed by atoms with Crippen LogP contribution in [0.5, 0.6) is 0 Å². The Labute approximate surface area is 95.1 Å². The monoisotopic (exact) mass is 216 g/mol. The Kier molecular flexibility index (Phi) is 2.90. The molecule has 0 aromatic carbocycles. The van der Waals surface area contributed by atoms with Crippen LogP contribution in [0.1, 0.15) is 23.9 Å². The molecule has 2 aromatic heterocycles. The molecule has 2 heterocycles. The topological polar surface area (TPSA) is 56.7 Å². The Hall–Kier alpha value is -1.84. The van der Waals surface area contributed by atoms with E-state index in [-0.39, 0.29) is 0 Å². The minimum absolute atomic E-state index is 0.781. The third-order valence-electron chi connectivity index (χ3n) is 2.70. The molecule has 0 saturated heterocycles. The fourth-order valence-electron chi connectivity index (χ4n) is 1.69. The van der Waals surface area contributed by atoms with E-state index >= 15 is 0 Å². The molecule has 2 N–H and O–H groups in total. The molecule has 0 saturated carbocycles. The van der Waals surface area contributed by atoms with E-state index in [1.165, 1.54) is 0 Å². The number of aromatic nitrogens is 3. The van der Waals surface area contributed by atoms with Crippen molar-refractivity contribution < 1.29 is 0 Å². The molecule has 0 radical (unpaired) electrons. The maximum atomic E-state index is 5.89. The van der Waals surface area contributed by atoms with Gasteiger partial charge in [0.1, 0.15) is 0 Å². The normalized spacial score (nSPS) is 10.6. The summed E-state index contributed by atoms with van der Waals surface area (Å²) >= 11 is 0. The fourth-order valence-corrected chi connectivity index (χ4v) is 1.69. The zero-order valence-corrected chi connectivity index (χ0v) is 9.64. The first kappa shape index (κ1) is 10.7. The van der Waals surface area contributed by atoms with Crippen molar-refractivity contribution in [1.82, 2.24) is 14.8 Å². The summed E-state index contributed by atoms with van der Waals surface area (Å²) in [5.41, 5.74) is 10.00. The van der Waals surface area contributed by atoms with E-state index in [9.17, 15) is 0 Å². The number of nitrogens with zero attached hydrogens (tertiary/aromatic N) is 3. The van der Waals surface area contributed by atoms with Crippen molar-refractivity contribution in [3.8, 4) is 0 Å². The average Bonchev–Trinajstić information content (AvgIpc) is 2.63. The molecule has 0 aliphatic carbocycles. The number of nitrogen functional groups attached to an aromatic ring is 1. The van der Waals surface area contributed by atoms with Crippen LogP contribution in [0.4, 0.5) is 5.69 Å². The highest BCUT2D eigenvalue weighted by molar-refractivity contribution is 5.46. The van der Waals surface area contributed by atoms with Crippen molar-refractivity contribution in [2.75, 3.05) is 5.73 Å². The smallest absolute Gasteiger partial charge is 0.0624 e. The van der Waals surface area contributed by atoms with Crippen LogP contribution in [0, 0.1) is 0 Å². The number of pyridine rings is 1. The molecule has 0 aliphatic rings. The first-order chi connectivity index (χ1) is 7.70. The Balaban J connectivity index is 2.27. The molecule has 0 atom stereocenters. The quantitative estimate of drug-likeness (QED) is 0.847. The van der Waals surface area contributed by atoms with Gasteiger partial charge in [0.05, 0.1) is 5.69 Å². The van der Waals surface area contributed by atoms with Crippen molar-refractivity contribution in [2.45, 2.75) is 19.8 Å². The van der Waals surface area contributed by atoms with Gasteiger partial charge in [-0.25, -0.2) is 0 Å². The van der Waals surface area contributed by atoms with Crippen LogP contribution in [-0.4, -0.2) is 14.8 Å². The fraction of sp³-hybridized carbons (Fsp3) is 0.333. The van der Waals surface area contributed by atoms with Gasteiger partial charge < -0.3 is 5.73 Å². The molecule has 0 fully saturated rings. The largest absolute Gasteiger partial charge is 0.398 e. The third kappa shape index (κ3) is 2.05. The molecule has 4 heteroatoms. The van der Waals surface area contributed by atoms with Crippen LogP contribution >= 0.6 is 0 Å². The first-order valence-corrected chi connectivity index (χ1v) is 5.41. The summed E-state index contributed by atoms with van der Waals surface area (Å²) in [6, 6.07) is 3.94. The highest BCUT2D eigenvalue weighted by Gasteiger charge is 2.06. The second kappa shape index (κ2) is 4.35. The van der Waals surface area contributed by atoms with Gasteiger partial charge >= 0.3 is 0 Å². The Morgan fingerprint density at radius 1 is 1.44 bits per heavy atom. The maximum Gasteiger partial charge on any atom is 0.0624 e. The lowest BCUT2D eigenvalue weighted by molar-refractivity contribution is 0.710. The van der Waals surface area contributed by atoms with Crippen LogP contribution in [0.25, 0.3) is 0 Å². The lowest BCUT2D eigenvalue weighted by Gasteiger charge is -2.04. The van der Waals surface area contributed by atoms with Crippen LogP contribution in [0.3, 0.4) is 0 Å². The number of nitrogens with two attached hydrogens (primary N) is 1. The maximum absolute atomic E-state index is 5.89. The lowest BCUT2D eigenvalue weighted by atomic mass is 10.1. The van der Waals surface area contributed by atoms with Crippen LogP contribution in [0.15, 0.2) is 24.5 Å². The van der Waals surface area contributed by atoms with E-state index in [4.69, 9.17) is 5.73 Å². The van der Waals surface area contributed by atoms with Crippen molar-refractivity contribution >= 4 is 5.69 Å². The molecule has 0 bridgehead atoms. The van der Waals surface area contributed by atoms with Gasteiger partial charge in [-0.05, 0) is 24.1 Å². The minimum Gasteiger partial charge on any atom is -0.398 e. The predicted octanol–water partition coefficient (Wildman–Crippen LogP) is 1.55. The predicted molar refractivity (Wildman–Crippen MR) is 64.0 cm³/mol. The molecule has 2 aromatic rings. The van der Waals surface area contributed by atoms with Crippen molar-refractivity contribution in [2.24, 2.45) is 7.05 Å². The molecule has 16 heavy (non-hydrogen) atoms. The van der Waals surface area contributed by atoms with Crippen molar-refractivity contribution in [3.63, 3.8) is 0 Å². The zero-order valence-electron chi connectivity index (χ0n) is 9.64. The van der Waals surface area contributed by atoms with Gasteiger partial charge in [0.15, 0.2) is 0 Å². The van der Waals surface area contributed by atoms with Gasteiger partial charge in [-0.3, -0.25) is 9.67 Å². The second-order valence-corrected chi connectivity index (χ2v) is 3.86. The molecule has 0 aliphatic heterocycles. The zero-order chi connectivity index (χ0) is 11.5. The summed E-state index contributed by atoms with van der Waals surface area (Å²) in [4.78, 5) is 4.09. The molecular formula is C12H16N4. The SMILES string of the molecule is CCc1cc(Cc2cnccc2N)n(C)n1. The minimum atomic E-state index is 0.781. The van der Waals surface area contributed by atoms with Crippen LogP contribution < -0.4 is 5.73 Å². The highest BCUT2D eigenvalue weighted by atomic mass is 15.3. The third-order valence-corrected chi connectivity index (χ3v) is 2.70. The Morgan fingerprint density at radius 2 is 2.25 bits per heavy atom. The molecule has 0 unspecified atom stereocenters. The van der Waals surface area contributed by atoms with E-state index in [1.807, 2.05) is 24.0 Å². The summed E-state index contributed by atoms with van der Waals surface area (Å²) < 4.78 is 1.91. The summed E-state index contributed by atoms with van der Waals surface area (Å²) in [5, 5.41) is 4.41. The summed E-state index contributed by atoms with van der Waals surface area (Å²) in [6.07, 6.45) is 5.26. The number of rotatable bonds is 3. The Morgan fingerprint density at radius 3 is 2.88 bits per heavy atom. The van der Waals surface area contributed by atoms with E-state index in [0.29, 0.717) is 0 Å². The van der Waals surface area contributed by atoms with Gasteiger partial charge in [-0.2, -0.15) is 5.10 Å². The average molecular weight is 216 g/mol. The van der Waals surface area contributed by atoms with Crippen molar-refractivity contribution in [3.05, 3.63) is 41.5 Å². The molecule has 84 valence electrons. The van der Waals surface area contributed by atoms with E-state index in [1.54, 1.807) is 6.20 Å². The summed E-state index contributed by atoms with van der Waals surface area (Å²) in [6.45, 7) is 2.10. The van der Waals surface area contributed by atoms with Gasteiger partial charge in [-0.1, -0.05) is 6.92 Å². The van der Waals surface area contributed by atoms with Gasteiger partial charge in [0.2, 0.25) is 0 Å². The molecule has 0 amide bonds. The van der Waals surface area contributed by atoms with E-state index in [2.05, 4.69) is 23.1 Å². The second-order valence-electron chi connectivity index (χ2n) is 3.86. The van der Waals surface area contributed by atoms with Crippen molar-refractivity contribution in [1.29, 1.82) is 0 Å².